The number of halogens is 6. The Morgan fingerprint density at radius 1 is 1.26 bits per heavy atom. The molecule has 0 bridgehead atoms. The quantitative estimate of drug-likeness (QED) is 0.332. The second kappa shape index (κ2) is 7.79. The first-order chi connectivity index (χ1) is 12.2. The van der Waals surface area contributed by atoms with Crippen molar-refractivity contribution in [2.75, 3.05) is 13.2 Å². The molecule has 6 nitrogen and oxygen atoms in total. The number of nitrogens with zero attached hydrogens (tertiary/aromatic N) is 3. The summed E-state index contributed by atoms with van der Waals surface area (Å²) in [4.78, 5) is 16.6. The van der Waals surface area contributed by atoms with Crippen LogP contribution in [0.4, 0.5) is 4.79 Å². The van der Waals surface area contributed by atoms with Crippen molar-refractivity contribution in [3.63, 3.8) is 0 Å². The molecule has 0 amide bonds. The minimum absolute atomic E-state index is 0.323. The first-order valence-electron chi connectivity index (χ1n) is 7.63. The van der Waals surface area contributed by atoms with Gasteiger partial charge in [-0.1, -0.05) is 16.8 Å². The number of aromatic nitrogens is 3. The zero-order valence-corrected chi connectivity index (χ0v) is 21.3. The van der Waals surface area contributed by atoms with Crippen molar-refractivity contribution in [2.45, 2.75) is 20.3 Å². The predicted molar refractivity (Wildman–Crippen MR) is 111 cm³/mol. The van der Waals surface area contributed by atoms with Gasteiger partial charge >= 0.3 is 74.0 Å². The van der Waals surface area contributed by atoms with Crippen molar-refractivity contribution in [3.8, 4) is 11.4 Å². The average Bonchev–Trinajstić information content (AvgIpc) is 2.71. The summed E-state index contributed by atoms with van der Waals surface area (Å²) < 4.78 is 14.0. The van der Waals surface area contributed by atoms with Crippen LogP contribution in [0.3, 0.4) is 0 Å². The van der Waals surface area contributed by atoms with E-state index in [-0.39, 0.29) is 0 Å². The molecule has 3 rings (SSSR count). The normalized spacial score (nSPS) is 15.6. The van der Waals surface area contributed by atoms with Gasteiger partial charge in [-0.2, -0.15) is 0 Å². The van der Waals surface area contributed by atoms with Gasteiger partial charge in [-0.3, -0.25) is 0 Å². The van der Waals surface area contributed by atoms with E-state index in [4.69, 9.17) is 62.4 Å². The van der Waals surface area contributed by atoms with E-state index in [9.17, 15) is 4.79 Å². The van der Waals surface area contributed by atoms with Crippen LogP contribution in [0.5, 0.6) is 5.75 Å². The van der Waals surface area contributed by atoms with E-state index in [1.807, 2.05) is 24.3 Å². The Balaban J connectivity index is 0.000000321. The van der Waals surface area contributed by atoms with Crippen LogP contribution in [0.2, 0.25) is 0 Å². The molecule has 1 aromatic heterocycles. The number of para-hydroxylation sites is 2. The molecule has 13 heteroatoms. The van der Waals surface area contributed by atoms with Gasteiger partial charge in [0.25, 0.3) is 5.82 Å². The van der Waals surface area contributed by atoms with E-state index in [1.54, 1.807) is 18.5 Å². The molecule has 0 radical (unpaired) electrons. The van der Waals surface area contributed by atoms with Crippen molar-refractivity contribution in [1.82, 2.24) is 9.67 Å². The Morgan fingerprint density at radius 2 is 1.85 bits per heavy atom. The van der Waals surface area contributed by atoms with Crippen molar-refractivity contribution in [1.29, 1.82) is 0 Å². The summed E-state index contributed by atoms with van der Waals surface area (Å²) in [5.41, 5.74) is 0.800. The van der Waals surface area contributed by atoms with Crippen LogP contribution in [0.25, 0.3) is 5.69 Å². The average molecular weight is 609 g/mol. The fourth-order valence-electron chi connectivity index (χ4n) is 2.36. The molecule has 0 atom stereocenters. The van der Waals surface area contributed by atoms with Crippen LogP contribution in [-0.4, -0.2) is 38.1 Å². The molecule has 1 aromatic carbocycles. The van der Waals surface area contributed by atoms with Crippen LogP contribution < -0.4 is 9.42 Å². The first kappa shape index (κ1) is 23.5. The number of aryl methyl sites for hydroxylation is 1. The molecule has 0 aliphatic carbocycles. The Bertz CT molecular complexity index is 856. The van der Waals surface area contributed by atoms with Crippen LogP contribution in [-0.2, 0) is 11.2 Å². The molecule has 0 N–H and O–H groups in total. The van der Waals surface area contributed by atoms with Gasteiger partial charge < -0.3 is 9.47 Å². The molecule has 152 valence electrons. The summed E-state index contributed by atoms with van der Waals surface area (Å²) in [5, 5.41) is 0. The maximum atomic E-state index is 12.2. The van der Waals surface area contributed by atoms with Gasteiger partial charge in [0.15, 0.2) is 11.4 Å². The van der Waals surface area contributed by atoms with Crippen LogP contribution >= 0.6 is 53.0 Å². The fraction of sp³-hybridized carbons (Fsp3) is 0.357. The van der Waals surface area contributed by atoms with Crippen molar-refractivity contribution >= 4 is 68.2 Å². The van der Waals surface area contributed by atoms with Crippen LogP contribution in [0, 0.1) is 6.92 Å². The van der Waals surface area contributed by atoms with E-state index < -0.39 is 15.2 Å². The monoisotopic (exact) mass is 605 g/mol. The third-order valence-corrected chi connectivity index (χ3v) is 3.16. The molecule has 0 unspecified atom stereocenters. The first-order valence-corrected chi connectivity index (χ1v) is 27.0. The summed E-state index contributed by atoms with van der Waals surface area (Å²) in [6.45, 7) is 4.44. The topological polar surface area (TPSA) is 57.2 Å². The summed E-state index contributed by atoms with van der Waals surface area (Å²) >= 11 is 0. The second-order valence-corrected chi connectivity index (χ2v) is 62.3. The summed E-state index contributed by atoms with van der Waals surface area (Å²) in [5.74, 6) is 2.14. The molecule has 1 aliphatic rings. The number of ether oxygens (including phenoxy) is 2. The number of benzene rings is 1. The molecule has 2 aromatic rings. The third kappa shape index (κ3) is 7.85. The summed E-state index contributed by atoms with van der Waals surface area (Å²) in [7, 11) is 25.0. The molecule has 0 saturated carbocycles. The molecular weight excluding hydrogens is 593 g/mol. The molecule has 27 heavy (non-hydrogen) atoms. The van der Waals surface area contributed by atoms with E-state index in [0.29, 0.717) is 25.5 Å². The van der Waals surface area contributed by atoms with Gasteiger partial charge in [0.2, 0.25) is 0 Å². The molecular formula is C14H16Cl6N3O3Sb. The number of carbonyl (C=O) groups excluding carboxylic acids is 1. The Hall–Kier alpha value is 0.188. The van der Waals surface area contributed by atoms with Gasteiger partial charge in [0.1, 0.15) is 6.61 Å². The zero-order valence-electron chi connectivity index (χ0n) is 14.2. The van der Waals surface area contributed by atoms with Gasteiger partial charge in [0, 0.05) is 6.92 Å². The number of hydrogen-bond donors (Lipinski definition) is 0. The minimum atomic E-state index is -5.42. The summed E-state index contributed by atoms with van der Waals surface area (Å²) in [6.07, 6.45) is 0.211. The van der Waals surface area contributed by atoms with E-state index >= 15 is 0 Å². The fourth-order valence-corrected chi connectivity index (χ4v) is 2.36. The van der Waals surface area contributed by atoms with Crippen molar-refractivity contribution in [2.24, 2.45) is 0 Å². The van der Waals surface area contributed by atoms with Crippen molar-refractivity contribution < 1.29 is 19.0 Å². The van der Waals surface area contributed by atoms with Gasteiger partial charge in [-0.15, -0.1) is 4.68 Å². The van der Waals surface area contributed by atoms with Gasteiger partial charge in [-0.25, -0.2) is 4.79 Å². The zero-order chi connectivity index (χ0) is 20.5. The number of fused-ring (bicyclic) bond motifs is 3. The second-order valence-electron chi connectivity index (χ2n) is 5.42. The number of rotatable bonds is 1. The van der Waals surface area contributed by atoms with Gasteiger partial charge in [0.05, 0.1) is 13.0 Å². The number of hydrogen-bond acceptors (Lipinski definition) is 4. The number of carbonyl (C=O) groups is 1. The Kier molecular flexibility index (Phi) is 6.77. The van der Waals surface area contributed by atoms with E-state index in [1.165, 1.54) is 4.68 Å². The Morgan fingerprint density at radius 3 is 2.44 bits per heavy atom. The third-order valence-electron chi connectivity index (χ3n) is 3.16. The SMILES string of the molecule is CCOC(=O)n1c(C)nc2[n+]1-c1ccccc1OCC2.[Cl][Sb-]([Cl])([Cl])([Cl])([Cl])[Cl]. The van der Waals surface area contributed by atoms with Crippen LogP contribution in [0.15, 0.2) is 24.3 Å². The van der Waals surface area contributed by atoms with Crippen molar-refractivity contribution in [3.05, 3.63) is 35.9 Å². The van der Waals surface area contributed by atoms with E-state index in [0.717, 1.165) is 17.3 Å². The predicted octanol–water partition coefficient (Wildman–Crippen LogP) is 5.16. The molecule has 0 saturated heterocycles. The molecule has 0 fully saturated rings. The standard InChI is InChI=1S/C14H16N3O3.6ClH.Sb/c1-3-19-14(18)16-10(2)15-13-8-9-20-12-7-5-4-6-11(12)17(13)16;;;;;;;/h4-7H,3,8-9H2,1-2H3;6*1H;/q+1;;;;;;;+5/p-6. The maximum absolute atomic E-state index is 12.2. The van der Waals surface area contributed by atoms with Gasteiger partial charge in [-0.05, 0) is 24.0 Å². The summed E-state index contributed by atoms with van der Waals surface area (Å²) in [6, 6.07) is 7.60. The van der Waals surface area contributed by atoms with Crippen LogP contribution in [0.1, 0.15) is 18.6 Å². The Labute approximate surface area is 176 Å². The molecule has 1 aliphatic heterocycles. The van der Waals surface area contributed by atoms with E-state index in [2.05, 4.69) is 4.98 Å². The molecule has 0 spiro atoms. The molecule has 2 heterocycles.